The molecule has 0 saturated carbocycles. The van der Waals surface area contributed by atoms with Crippen molar-refractivity contribution in [2.24, 2.45) is 0 Å². The smallest absolute Gasteiger partial charge is 0.143 e. The van der Waals surface area contributed by atoms with Gasteiger partial charge >= 0.3 is 0 Å². The van der Waals surface area contributed by atoms with Gasteiger partial charge in [0, 0.05) is 18.3 Å². The number of nitrogens with one attached hydrogen (secondary N) is 1. The quantitative estimate of drug-likeness (QED) is 0.854. The first-order valence-corrected chi connectivity index (χ1v) is 5.79. The van der Waals surface area contributed by atoms with E-state index in [1.807, 2.05) is 6.07 Å². The molecule has 19 heavy (non-hydrogen) atoms. The summed E-state index contributed by atoms with van der Waals surface area (Å²) < 4.78 is 15.0. The van der Waals surface area contributed by atoms with Gasteiger partial charge in [0.25, 0.3) is 0 Å². The van der Waals surface area contributed by atoms with Crippen LogP contribution in [0.2, 0.25) is 0 Å². The lowest BCUT2D eigenvalue weighted by Gasteiger charge is -2.07. The number of halogens is 1. The minimum absolute atomic E-state index is 0.00486. The molecule has 1 aromatic heterocycles. The molecule has 0 spiro atoms. The molecule has 1 aromatic carbocycles. The fraction of sp³-hybridized carbons (Fsp3) is 0.231. The molecule has 2 aromatic rings. The predicted molar refractivity (Wildman–Crippen MR) is 67.8 cm³/mol. The molecule has 0 saturated heterocycles. The lowest BCUT2D eigenvalue weighted by atomic mass is 10.2. The van der Waals surface area contributed by atoms with Gasteiger partial charge < -0.3 is 10.4 Å². The Hall–Kier alpha value is -2.39. The maximum absolute atomic E-state index is 13.4. The Morgan fingerprint density at radius 2 is 2.32 bits per heavy atom. The summed E-state index contributed by atoms with van der Waals surface area (Å²) in [5.41, 5.74) is 1.35. The Morgan fingerprint density at radius 1 is 1.47 bits per heavy atom. The number of hydrogen-bond donors (Lipinski definition) is 2. The van der Waals surface area contributed by atoms with E-state index in [0.29, 0.717) is 18.8 Å². The van der Waals surface area contributed by atoms with Crippen LogP contribution < -0.4 is 5.32 Å². The first kappa shape index (κ1) is 13.1. The Balaban J connectivity index is 2.06. The normalized spacial score (nSPS) is 10.2. The third-order valence-electron chi connectivity index (χ3n) is 2.62. The molecule has 0 aliphatic heterocycles. The average molecular weight is 260 g/mol. The Bertz CT molecular complexity index is 603. The number of nitriles is 1. The summed E-state index contributed by atoms with van der Waals surface area (Å²) in [6.07, 6.45) is 3.45. The van der Waals surface area contributed by atoms with Crippen molar-refractivity contribution in [1.29, 1.82) is 5.26 Å². The monoisotopic (exact) mass is 260 g/mol. The molecule has 0 amide bonds. The molecule has 0 radical (unpaired) electrons. The van der Waals surface area contributed by atoms with Crippen molar-refractivity contribution < 1.29 is 9.50 Å². The van der Waals surface area contributed by atoms with Crippen molar-refractivity contribution in [2.75, 3.05) is 11.9 Å². The molecule has 6 heteroatoms. The summed E-state index contributed by atoms with van der Waals surface area (Å²) in [6.45, 7) is 0.893. The zero-order chi connectivity index (χ0) is 13.7. The summed E-state index contributed by atoms with van der Waals surface area (Å²) in [4.78, 5) is 0. The van der Waals surface area contributed by atoms with E-state index in [1.54, 1.807) is 29.2 Å². The van der Waals surface area contributed by atoms with Crippen LogP contribution in [0.3, 0.4) is 0 Å². The molecule has 2 rings (SSSR count). The van der Waals surface area contributed by atoms with Gasteiger partial charge in [-0.3, -0.25) is 4.68 Å². The molecule has 0 fully saturated rings. The van der Waals surface area contributed by atoms with Crippen molar-refractivity contribution in [2.45, 2.75) is 13.1 Å². The Kier molecular flexibility index (Phi) is 4.11. The number of nitrogens with zero attached hydrogens (tertiary/aromatic N) is 3. The topological polar surface area (TPSA) is 73.9 Å². The lowest BCUT2D eigenvalue weighted by molar-refractivity contribution is 0.269. The van der Waals surface area contributed by atoms with Gasteiger partial charge in [-0.25, -0.2) is 4.39 Å². The number of anilines is 1. The van der Waals surface area contributed by atoms with Crippen LogP contribution in [0, 0.1) is 17.1 Å². The number of aliphatic hydroxyl groups is 1. The highest BCUT2D eigenvalue weighted by molar-refractivity contribution is 5.57. The number of benzene rings is 1. The second-order valence-electron chi connectivity index (χ2n) is 3.96. The second-order valence-corrected chi connectivity index (χ2v) is 3.96. The van der Waals surface area contributed by atoms with Crippen LogP contribution in [-0.4, -0.2) is 21.5 Å². The van der Waals surface area contributed by atoms with Crippen LogP contribution >= 0.6 is 0 Å². The lowest BCUT2D eigenvalue weighted by Crippen LogP contribution is -2.03. The van der Waals surface area contributed by atoms with E-state index in [9.17, 15) is 4.39 Å². The predicted octanol–water partition coefficient (Wildman–Crippen LogP) is 1.50. The standard InChI is InChI=1S/C13H13FN4O/c14-12-2-1-3-13(11(12)6-15)16-7-10-8-17-18(9-10)4-5-19/h1-3,8-9,16,19H,4-5,7H2. The van der Waals surface area contributed by atoms with Crippen LogP contribution in [0.15, 0.2) is 30.6 Å². The largest absolute Gasteiger partial charge is 0.394 e. The Labute approximate surface area is 109 Å². The van der Waals surface area contributed by atoms with Crippen LogP contribution in [0.25, 0.3) is 0 Å². The number of hydrogen-bond acceptors (Lipinski definition) is 4. The van der Waals surface area contributed by atoms with Crippen LogP contribution in [0.1, 0.15) is 11.1 Å². The number of aromatic nitrogens is 2. The maximum Gasteiger partial charge on any atom is 0.143 e. The highest BCUT2D eigenvalue weighted by Crippen LogP contribution is 2.18. The average Bonchev–Trinajstić information content (AvgIpc) is 2.84. The SMILES string of the molecule is N#Cc1c(F)cccc1NCc1cnn(CCO)c1. The molecular formula is C13H13FN4O. The van der Waals surface area contributed by atoms with Gasteiger partial charge in [-0.1, -0.05) is 6.07 Å². The first-order valence-electron chi connectivity index (χ1n) is 5.79. The minimum Gasteiger partial charge on any atom is -0.394 e. The Morgan fingerprint density at radius 3 is 3.05 bits per heavy atom. The molecule has 0 aliphatic carbocycles. The van der Waals surface area contributed by atoms with Crippen molar-refractivity contribution in [1.82, 2.24) is 9.78 Å². The summed E-state index contributed by atoms with van der Waals surface area (Å²) in [5.74, 6) is -0.538. The van der Waals surface area contributed by atoms with Crippen LogP contribution in [0.4, 0.5) is 10.1 Å². The van der Waals surface area contributed by atoms with E-state index in [-0.39, 0.29) is 12.2 Å². The highest BCUT2D eigenvalue weighted by Gasteiger charge is 2.07. The second kappa shape index (κ2) is 5.98. The van der Waals surface area contributed by atoms with Gasteiger partial charge in [0.05, 0.1) is 25.0 Å². The van der Waals surface area contributed by atoms with E-state index in [2.05, 4.69) is 10.4 Å². The van der Waals surface area contributed by atoms with Crippen molar-refractivity contribution >= 4 is 5.69 Å². The van der Waals surface area contributed by atoms with Crippen LogP contribution in [0.5, 0.6) is 0 Å². The van der Waals surface area contributed by atoms with Crippen molar-refractivity contribution in [3.63, 3.8) is 0 Å². The number of aliphatic hydroxyl groups excluding tert-OH is 1. The third kappa shape index (κ3) is 3.09. The summed E-state index contributed by atoms with van der Waals surface area (Å²) >= 11 is 0. The van der Waals surface area contributed by atoms with Crippen LogP contribution in [-0.2, 0) is 13.1 Å². The molecular weight excluding hydrogens is 247 g/mol. The van der Waals surface area contributed by atoms with Gasteiger partial charge in [0.2, 0.25) is 0 Å². The van der Waals surface area contributed by atoms with Gasteiger partial charge in [-0.05, 0) is 12.1 Å². The van der Waals surface area contributed by atoms with Gasteiger partial charge in [0.15, 0.2) is 0 Å². The van der Waals surface area contributed by atoms with Gasteiger partial charge in [-0.2, -0.15) is 10.4 Å². The van der Waals surface area contributed by atoms with E-state index in [1.165, 1.54) is 6.07 Å². The molecule has 98 valence electrons. The van der Waals surface area contributed by atoms with E-state index in [4.69, 9.17) is 10.4 Å². The molecule has 0 unspecified atom stereocenters. The molecule has 0 bridgehead atoms. The van der Waals surface area contributed by atoms with Gasteiger partial charge in [0.1, 0.15) is 17.4 Å². The summed E-state index contributed by atoms with van der Waals surface area (Å²) in [5, 5.41) is 24.7. The molecule has 0 aliphatic rings. The highest BCUT2D eigenvalue weighted by atomic mass is 19.1. The molecule has 1 heterocycles. The first-order chi connectivity index (χ1) is 9.24. The third-order valence-corrected chi connectivity index (χ3v) is 2.62. The summed E-state index contributed by atoms with van der Waals surface area (Å²) in [7, 11) is 0. The zero-order valence-corrected chi connectivity index (χ0v) is 10.2. The molecule has 2 N–H and O–H groups in total. The minimum atomic E-state index is -0.538. The van der Waals surface area contributed by atoms with E-state index in [0.717, 1.165) is 5.56 Å². The fourth-order valence-electron chi connectivity index (χ4n) is 1.70. The summed E-state index contributed by atoms with van der Waals surface area (Å²) in [6, 6.07) is 6.29. The van der Waals surface area contributed by atoms with E-state index < -0.39 is 5.82 Å². The van der Waals surface area contributed by atoms with Crippen molar-refractivity contribution in [3.8, 4) is 6.07 Å². The van der Waals surface area contributed by atoms with Crippen molar-refractivity contribution in [3.05, 3.63) is 47.5 Å². The van der Waals surface area contributed by atoms with Gasteiger partial charge in [-0.15, -0.1) is 0 Å². The molecule has 0 atom stereocenters. The maximum atomic E-state index is 13.4. The fourth-order valence-corrected chi connectivity index (χ4v) is 1.70. The molecule has 5 nitrogen and oxygen atoms in total. The zero-order valence-electron chi connectivity index (χ0n) is 10.2. The van der Waals surface area contributed by atoms with E-state index >= 15 is 0 Å². The number of rotatable bonds is 5.